The lowest BCUT2D eigenvalue weighted by atomic mass is 9.95. The van der Waals surface area contributed by atoms with Gasteiger partial charge in [-0.05, 0) is 52.5 Å². The zero-order valence-corrected chi connectivity index (χ0v) is 13.6. The molecule has 21 heavy (non-hydrogen) atoms. The van der Waals surface area contributed by atoms with Crippen molar-refractivity contribution >= 4 is 5.97 Å². The summed E-state index contributed by atoms with van der Waals surface area (Å²) in [5.74, 6) is -0.0787. The second-order valence-electron chi connectivity index (χ2n) is 6.99. The fraction of sp³-hybridized carbons (Fsp3) is 0.611. The lowest BCUT2D eigenvalue weighted by molar-refractivity contribution is -0.164. The van der Waals surface area contributed by atoms with Crippen LogP contribution in [0.4, 0.5) is 0 Å². The molecule has 0 saturated carbocycles. The number of likely N-dealkylation sites (tertiary alicyclic amines) is 1. The van der Waals surface area contributed by atoms with Crippen LogP contribution in [-0.4, -0.2) is 28.6 Å². The predicted octanol–water partition coefficient (Wildman–Crippen LogP) is 3.77. The van der Waals surface area contributed by atoms with Gasteiger partial charge in [0.05, 0.1) is 0 Å². The fourth-order valence-electron chi connectivity index (χ4n) is 2.93. The Kier molecular flexibility index (Phi) is 5.04. The first-order chi connectivity index (χ1) is 9.87. The molecule has 0 radical (unpaired) electrons. The van der Waals surface area contributed by atoms with E-state index < -0.39 is 5.60 Å². The van der Waals surface area contributed by atoms with Crippen LogP contribution < -0.4 is 0 Å². The highest BCUT2D eigenvalue weighted by atomic mass is 16.6. The molecule has 0 aromatic heterocycles. The maximum atomic E-state index is 12.5. The molecule has 2 rings (SSSR count). The fourth-order valence-corrected chi connectivity index (χ4v) is 2.93. The van der Waals surface area contributed by atoms with Crippen LogP contribution in [0.3, 0.4) is 0 Å². The monoisotopic (exact) mass is 289 g/mol. The zero-order chi connectivity index (χ0) is 15.5. The average molecular weight is 289 g/mol. The molecule has 0 N–H and O–H groups in total. The molecule has 1 aromatic rings. The number of carbonyl (C=O) groups excluding carboxylic acids is 1. The molecule has 1 aromatic carbocycles. The van der Waals surface area contributed by atoms with Crippen molar-refractivity contribution < 1.29 is 9.53 Å². The molecular weight excluding hydrogens is 262 g/mol. The Morgan fingerprint density at radius 3 is 2.52 bits per heavy atom. The van der Waals surface area contributed by atoms with Gasteiger partial charge in [-0.2, -0.15) is 0 Å². The van der Waals surface area contributed by atoms with Gasteiger partial charge in [0.25, 0.3) is 0 Å². The number of benzene rings is 1. The van der Waals surface area contributed by atoms with Gasteiger partial charge >= 0.3 is 5.97 Å². The standard InChI is InChI=1S/C18H27NO2/c1-14-9-8-12-16(17(20)21-18(2,3)4)19(14)13-15-10-6-5-7-11-15/h5-7,10-11,14,16H,8-9,12-13H2,1-4H3/t14-,16-/m0/s1. The van der Waals surface area contributed by atoms with E-state index in [1.807, 2.05) is 39.0 Å². The Hall–Kier alpha value is -1.35. The normalized spacial score (nSPS) is 23.8. The summed E-state index contributed by atoms with van der Waals surface area (Å²) in [6, 6.07) is 10.7. The summed E-state index contributed by atoms with van der Waals surface area (Å²) in [5, 5.41) is 0. The van der Waals surface area contributed by atoms with Crippen molar-refractivity contribution in [3.05, 3.63) is 35.9 Å². The van der Waals surface area contributed by atoms with Gasteiger partial charge in [-0.3, -0.25) is 9.69 Å². The molecule has 1 fully saturated rings. The first kappa shape index (κ1) is 16.0. The third kappa shape index (κ3) is 4.57. The Balaban J connectivity index is 2.11. The lowest BCUT2D eigenvalue weighted by Gasteiger charge is -2.40. The van der Waals surface area contributed by atoms with Crippen LogP contribution in [-0.2, 0) is 16.1 Å². The van der Waals surface area contributed by atoms with Crippen LogP contribution in [0.15, 0.2) is 30.3 Å². The topological polar surface area (TPSA) is 29.5 Å². The molecule has 0 bridgehead atoms. The van der Waals surface area contributed by atoms with E-state index in [2.05, 4.69) is 24.0 Å². The van der Waals surface area contributed by atoms with E-state index in [1.54, 1.807) is 0 Å². The summed E-state index contributed by atoms with van der Waals surface area (Å²) in [7, 11) is 0. The van der Waals surface area contributed by atoms with E-state index >= 15 is 0 Å². The molecule has 116 valence electrons. The summed E-state index contributed by atoms with van der Waals surface area (Å²) in [4.78, 5) is 14.8. The Morgan fingerprint density at radius 2 is 1.90 bits per heavy atom. The highest BCUT2D eigenvalue weighted by molar-refractivity contribution is 5.76. The largest absolute Gasteiger partial charge is 0.459 e. The van der Waals surface area contributed by atoms with E-state index in [1.165, 1.54) is 5.56 Å². The van der Waals surface area contributed by atoms with E-state index in [0.29, 0.717) is 6.04 Å². The minimum Gasteiger partial charge on any atom is -0.459 e. The van der Waals surface area contributed by atoms with Crippen molar-refractivity contribution in [3.8, 4) is 0 Å². The van der Waals surface area contributed by atoms with Gasteiger partial charge in [0.15, 0.2) is 0 Å². The van der Waals surface area contributed by atoms with Crippen molar-refractivity contribution in [2.45, 2.75) is 71.2 Å². The summed E-state index contributed by atoms with van der Waals surface area (Å²) in [6.07, 6.45) is 3.13. The summed E-state index contributed by atoms with van der Waals surface area (Å²) in [6.45, 7) is 8.81. The lowest BCUT2D eigenvalue weighted by Crippen LogP contribution is -2.50. The molecular formula is C18H27NO2. The number of nitrogens with zero attached hydrogens (tertiary/aromatic N) is 1. The quantitative estimate of drug-likeness (QED) is 0.793. The molecule has 2 atom stereocenters. The molecule has 0 aliphatic carbocycles. The van der Waals surface area contributed by atoms with Crippen molar-refractivity contribution in [1.82, 2.24) is 4.90 Å². The minimum atomic E-state index is -0.420. The number of rotatable bonds is 3. The Labute approximate surface area is 128 Å². The molecule has 1 aliphatic heterocycles. The van der Waals surface area contributed by atoms with Crippen LogP contribution in [0.25, 0.3) is 0 Å². The number of ether oxygens (including phenoxy) is 1. The SMILES string of the molecule is C[C@H]1CCC[C@@H](C(=O)OC(C)(C)C)N1Cc1ccccc1. The molecule has 3 nitrogen and oxygen atoms in total. The minimum absolute atomic E-state index is 0.0787. The third-order valence-corrected chi connectivity index (χ3v) is 3.95. The van der Waals surface area contributed by atoms with Crippen LogP contribution in [0.2, 0.25) is 0 Å². The van der Waals surface area contributed by atoms with Gasteiger partial charge in [0.1, 0.15) is 11.6 Å². The number of hydrogen-bond acceptors (Lipinski definition) is 3. The second kappa shape index (κ2) is 6.61. The van der Waals surface area contributed by atoms with Gasteiger partial charge in [0, 0.05) is 12.6 Å². The molecule has 0 unspecified atom stereocenters. The smallest absolute Gasteiger partial charge is 0.323 e. The molecule has 1 heterocycles. The first-order valence-electron chi connectivity index (χ1n) is 7.89. The van der Waals surface area contributed by atoms with Gasteiger partial charge in [0.2, 0.25) is 0 Å². The maximum Gasteiger partial charge on any atom is 0.323 e. The maximum absolute atomic E-state index is 12.5. The van der Waals surface area contributed by atoms with Gasteiger partial charge in [-0.1, -0.05) is 30.3 Å². The van der Waals surface area contributed by atoms with Crippen molar-refractivity contribution in [3.63, 3.8) is 0 Å². The van der Waals surface area contributed by atoms with Crippen LogP contribution in [0.5, 0.6) is 0 Å². The van der Waals surface area contributed by atoms with Crippen molar-refractivity contribution in [2.24, 2.45) is 0 Å². The number of piperidine rings is 1. The number of hydrogen-bond donors (Lipinski definition) is 0. The van der Waals surface area contributed by atoms with Gasteiger partial charge < -0.3 is 4.74 Å². The van der Waals surface area contributed by atoms with Crippen molar-refractivity contribution in [2.75, 3.05) is 0 Å². The van der Waals surface area contributed by atoms with Crippen LogP contribution in [0, 0.1) is 0 Å². The van der Waals surface area contributed by atoms with E-state index in [-0.39, 0.29) is 12.0 Å². The number of esters is 1. The van der Waals surface area contributed by atoms with Crippen molar-refractivity contribution in [1.29, 1.82) is 0 Å². The predicted molar refractivity (Wildman–Crippen MR) is 84.9 cm³/mol. The van der Waals surface area contributed by atoms with E-state index in [0.717, 1.165) is 25.8 Å². The highest BCUT2D eigenvalue weighted by Gasteiger charge is 2.35. The van der Waals surface area contributed by atoms with Gasteiger partial charge in [-0.15, -0.1) is 0 Å². The zero-order valence-electron chi connectivity index (χ0n) is 13.6. The summed E-state index contributed by atoms with van der Waals surface area (Å²) in [5.41, 5.74) is 0.829. The van der Waals surface area contributed by atoms with Gasteiger partial charge in [-0.25, -0.2) is 0 Å². The molecule has 0 amide bonds. The molecule has 1 aliphatic rings. The van der Waals surface area contributed by atoms with E-state index in [9.17, 15) is 4.79 Å². The Morgan fingerprint density at radius 1 is 1.24 bits per heavy atom. The van der Waals surface area contributed by atoms with Crippen LogP contribution >= 0.6 is 0 Å². The van der Waals surface area contributed by atoms with E-state index in [4.69, 9.17) is 4.74 Å². The summed E-state index contributed by atoms with van der Waals surface area (Å²) < 4.78 is 5.61. The highest BCUT2D eigenvalue weighted by Crippen LogP contribution is 2.27. The molecule has 0 spiro atoms. The first-order valence-corrected chi connectivity index (χ1v) is 7.89. The second-order valence-corrected chi connectivity index (χ2v) is 6.99. The van der Waals surface area contributed by atoms with Crippen LogP contribution in [0.1, 0.15) is 52.5 Å². The molecule has 1 saturated heterocycles. The molecule has 3 heteroatoms. The number of carbonyl (C=O) groups is 1. The third-order valence-electron chi connectivity index (χ3n) is 3.95. The Bertz CT molecular complexity index is 464. The summed E-state index contributed by atoms with van der Waals surface area (Å²) >= 11 is 0. The average Bonchev–Trinajstić information content (AvgIpc) is 2.40.